The summed E-state index contributed by atoms with van der Waals surface area (Å²) >= 11 is 3.36. The van der Waals surface area contributed by atoms with Crippen LogP contribution in [0.1, 0.15) is 22.6 Å². The van der Waals surface area contributed by atoms with Crippen molar-refractivity contribution in [2.24, 2.45) is 0 Å². The van der Waals surface area contributed by atoms with Crippen LogP contribution in [0.25, 0.3) is 0 Å². The van der Waals surface area contributed by atoms with Gasteiger partial charge in [-0.05, 0) is 40.5 Å². The minimum absolute atomic E-state index is 0.131. The van der Waals surface area contributed by atoms with Crippen molar-refractivity contribution in [2.45, 2.75) is 12.8 Å². The van der Waals surface area contributed by atoms with Gasteiger partial charge in [0.2, 0.25) is 0 Å². The normalized spacial score (nSPS) is 10.3. The summed E-state index contributed by atoms with van der Waals surface area (Å²) in [5.74, 6) is 1.34. The standard InChI is InChI=1S/C13H15BrN4O2/c1-20-9-4-5-11(14)10(7-9)13(19)15-6-2-3-12-16-8-17-18-12/h4-5,7-8H,2-3,6H2,1H3,(H,15,19)(H,16,17,18). The third-order valence-electron chi connectivity index (χ3n) is 2.76. The van der Waals surface area contributed by atoms with Gasteiger partial charge >= 0.3 is 0 Å². The van der Waals surface area contributed by atoms with Gasteiger partial charge in [-0.2, -0.15) is 5.10 Å². The summed E-state index contributed by atoms with van der Waals surface area (Å²) < 4.78 is 5.86. The summed E-state index contributed by atoms with van der Waals surface area (Å²) in [7, 11) is 1.57. The summed E-state index contributed by atoms with van der Waals surface area (Å²) in [4.78, 5) is 16.1. The van der Waals surface area contributed by atoms with Crippen LogP contribution in [0.2, 0.25) is 0 Å². The monoisotopic (exact) mass is 338 g/mol. The maximum atomic E-state index is 12.1. The van der Waals surface area contributed by atoms with Crippen molar-refractivity contribution in [2.75, 3.05) is 13.7 Å². The van der Waals surface area contributed by atoms with Gasteiger partial charge < -0.3 is 10.1 Å². The molecule has 1 amide bonds. The fourth-order valence-electron chi connectivity index (χ4n) is 1.71. The van der Waals surface area contributed by atoms with Crippen molar-refractivity contribution in [1.82, 2.24) is 20.5 Å². The molecule has 1 heterocycles. The molecule has 1 aromatic carbocycles. The molecular formula is C13H15BrN4O2. The molecule has 0 spiro atoms. The van der Waals surface area contributed by atoms with Crippen molar-refractivity contribution in [3.8, 4) is 5.75 Å². The summed E-state index contributed by atoms with van der Waals surface area (Å²) in [6.07, 6.45) is 3.02. The first-order valence-electron chi connectivity index (χ1n) is 6.16. The number of aromatic nitrogens is 3. The minimum Gasteiger partial charge on any atom is -0.497 e. The lowest BCUT2D eigenvalue weighted by atomic mass is 10.2. The van der Waals surface area contributed by atoms with Crippen LogP contribution in [-0.2, 0) is 6.42 Å². The number of rotatable bonds is 6. The first-order chi connectivity index (χ1) is 9.70. The Balaban J connectivity index is 1.85. The number of methoxy groups -OCH3 is 1. The van der Waals surface area contributed by atoms with E-state index in [-0.39, 0.29) is 5.91 Å². The first kappa shape index (κ1) is 14.5. The molecule has 0 saturated heterocycles. The predicted molar refractivity (Wildman–Crippen MR) is 77.7 cm³/mol. The van der Waals surface area contributed by atoms with E-state index in [1.54, 1.807) is 25.3 Å². The number of nitrogens with one attached hydrogen (secondary N) is 2. The first-order valence-corrected chi connectivity index (χ1v) is 6.96. The number of hydrogen-bond acceptors (Lipinski definition) is 4. The average molecular weight is 339 g/mol. The number of carbonyl (C=O) groups is 1. The molecule has 0 aliphatic rings. The molecule has 7 heteroatoms. The van der Waals surface area contributed by atoms with E-state index in [0.29, 0.717) is 17.9 Å². The fraction of sp³-hybridized carbons (Fsp3) is 0.308. The highest BCUT2D eigenvalue weighted by molar-refractivity contribution is 9.10. The summed E-state index contributed by atoms with van der Waals surface area (Å²) in [6, 6.07) is 5.29. The second-order valence-corrected chi connectivity index (χ2v) is 4.99. The van der Waals surface area contributed by atoms with E-state index in [2.05, 4.69) is 36.4 Å². The Bertz CT molecular complexity index is 572. The number of benzene rings is 1. The van der Waals surface area contributed by atoms with Crippen molar-refractivity contribution >= 4 is 21.8 Å². The van der Waals surface area contributed by atoms with Crippen LogP contribution in [0.4, 0.5) is 0 Å². The van der Waals surface area contributed by atoms with Crippen molar-refractivity contribution in [3.05, 3.63) is 40.4 Å². The molecule has 0 bridgehead atoms. The number of amides is 1. The number of carbonyl (C=O) groups excluding carboxylic acids is 1. The van der Waals surface area contributed by atoms with Gasteiger partial charge in [0.05, 0.1) is 12.7 Å². The highest BCUT2D eigenvalue weighted by Crippen LogP contribution is 2.22. The number of ether oxygens (including phenoxy) is 1. The summed E-state index contributed by atoms with van der Waals surface area (Å²) in [5, 5.41) is 9.42. The van der Waals surface area contributed by atoms with Crippen LogP contribution in [0, 0.1) is 0 Å². The van der Waals surface area contributed by atoms with E-state index in [1.807, 2.05) is 0 Å². The zero-order valence-electron chi connectivity index (χ0n) is 11.0. The van der Waals surface area contributed by atoms with Crippen molar-refractivity contribution < 1.29 is 9.53 Å². The lowest BCUT2D eigenvalue weighted by molar-refractivity contribution is 0.0952. The summed E-state index contributed by atoms with van der Waals surface area (Å²) in [6.45, 7) is 0.573. The van der Waals surface area contributed by atoms with Gasteiger partial charge in [0.15, 0.2) is 0 Å². The van der Waals surface area contributed by atoms with Crippen LogP contribution in [0.3, 0.4) is 0 Å². The van der Waals surface area contributed by atoms with Gasteiger partial charge in [-0.25, -0.2) is 4.98 Å². The Kier molecular flexibility index (Phi) is 5.11. The Morgan fingerprint density at radius 3 is 3.05 bits per heavy atom. The summed E-state index contributed by atoms with van der Waals surface area (Å²) in [5.41, 5.74) is 0.559. The molecule has 2 N–H and O–H groups in total. The maximum absolute atomic E-state index is 12.1. The van der Waals surface area contributed by atoms with Crippen LogP contribution in [-0.4, -0.2) is 34.7 Å². The number of H-pyrrole nitrogens is 1. The van der Waals surface area contributed by atoms with Crippen molar-refractivity contribution in [3.63, 3.8) is 0 Å². The highest BCUT2D eigenvalue weighted by Gasteiger charge is 2.10. The lowest BCUT2D eigenvalue weighted by Gasteiger charge is -2.08. The molecule has 0 fully saturated rings. The van der Waals surface area contributed by atoms with E-state index in [0.717, 1.165) is 23.1 Å². The molecule has 6 nitrogen and oxygen atoms in total. The Hall–Kier alpha value is -1.89. The second-order valence-electron chi connectivity index (χ2n) is 4.14. The zero-order valence-corrected chi connectivity index (χ0v) is 12.6. The minimum atomic E-state index is -0.131. The number of aryl methyl sites for hydroxylation is 1. The third kappa shape index (κ3) is 3.80. The smallest absolute Gasteiger partial charge is 0.252 e. The Morgan fingerprint density at radius 1 is 1.50 bits per heavy atom. The fourth-order valence-corrected chi connectivity index (χ4v) is 2.14. The van der Waals surface area contributed by atoms with Gasteiger partial charge in [0.25, 0.3) is 5.91 Å². The topological polar surface area (TPSA) is 79.9 Å². The van der Waals surface area contributed by atoms with Crippen LogP contribution in [0.15, 0.2) is 29.0 Å². The van der Waals surface area contributed by atoms with E-state index in [1.165, 1.54) is 6.33 Å². The van der Waals surface area contributed by atoms with Crippen LogP contribution < -0.4 is 10.1 Å². The molecule has 0 radical (unpaired) electrons. The Labute approximate surface area is 125 Å². The van der Waals surface area contributed by atoms with Gasteiger partial charge in [-0.1, -0.05) is 0 Å². The third-order valence-corrected chi connectivity index (χ3v) is 3.45. The van der Waals surface area contributed by atoms with Gasteiger partial charge in [-0.3, -0.25) is 9.89 Å². The molecule has 0 atom stereocenters. The number of hydrogen-bond donors (Lipinski definition) is 2. The predicted octanol–water partition coefficient (Wildman–Crippen LogP) is 1.94. The molecule has 0 unspecified atom stereocenters. The molecule has 0 saturated carbocycles. The van der Waals surface area contributed by atoms with E-state index in [4.69, 9.17) is 4.74 Å². The lowest BCUT2D eigenvalue weighted by Crippen LogP contribution is -2.25. The molecule has 20 heavy (non-hydrogen) atoms. The van der Waals surface area contributed by atoms with E-state index >= 15 is 0 Å². The van der Waals surface area contributed by atoms with E-state index < -0.39 is 0 Å². The number of halogens is 1. The molecule has 2 aromatic rings. The average Bonchev–Trinajstić information content (AvgIpc) is 2.97. The molecule has 106 valence electrons. The largest absolute Gasteiger partial charge is 0.497 e. The Morgan fingerprint density at radius 2 is 2.35 bits per heavy atom. The second kappa shape index (κ2) is 7.04. The quantitative estimate of drug-likeness (QED) is 0.789. The number of aromatic amines is 1. The number of nitrogens with zero attached hydrogens (tertiary/aromatic N) is 2. The molecule has 1 aromatic heterocycles. The molecule has 0 aliphatic heterocycles. The van der Waals surface area contributed by atoms with Crippen LogP contribution in [0.5, 0.6) is 5.75 Å². The van der Waals surface area contributed by atoms with Gasteiger partial charge in [0, 0.05) is 17.4 Å². The van der Waals surface area contributed by atoms with Crippen molar-refractivity contribution in [1.29, 1.82) is 0 Å². The molecule has 2 rings (SSSR count). The highest BCUT2D eigenvalue weighted by atomic mass is 79.9. The zero-order chi connectivity index (χ0) is 14.4. The molecule has 0 aliphatic carbocycles. The maximum Gasteiger partial charge on any atom is 0.252 e. The van der Waals surface area contributed by atoms with E-state index in [9.17, 15) is 4.79 Å². The van der Waals surface area contributed by atoms with Gasteiger partial charge in [0.1, 0.15) is 17.9 Å². The molecular weight excluding hydrogens is 324 g/mol. The van der Waals surface area contributed by atoms with Crippen LogP contribution >= 0.6 is 15.9 Å². The van der Waals surface area contributed by atoms with Gasteiger partial charge in [-0.15, -0.1) is 0 Å². The SMILES string of the molecule is COc1ccc(Br)c(C(=O)NCCCc2ncn[nH]2)c1.